The van der Waals surface area contributed by atoms with Gasteiger partial charge in [0.15, 0.2) is 0 Å². The summed E-state index contributed by atoms with van der Waals surface area (Å²) in [6, 6.07) is 16.6. The van der Waals surface area contributed by atoms with Gasteiger partial charge in [-0.2, -0.15) is 0 Å². The molecule has 2 aromatic rings. The zero-order valence-corrected chi connectivity index (χ0v) is 14.9. The van der Waals surface area contributed by atoms with E-state index >= 15 is 0 Å². The normalized spacial score (nSPS) is 17.6. The lowest BCUT2D eigenvalue weighted by atomic mass is 9.99. The number of hydrogen-bond acceptors (Lipinski definition) is 4. The van der Waals surface area contributed by atoms with Crippen molar-refractivity contribution >= 4 is 0 Å². The number of ether oxygens (including phenoxy) is 2. The van der Waals surface area contributed by atoms with Crippen molar-refractivity contribution in [2.24, 2.45) is 5.92 Å². The van der Waals surface area contributed by atoms with Crippen molar-refractivity contribution in [1.29, 1.82) is 0 Å². The second-order valence-corrected chi connectivity index (χ2v) is 6.66. The van der Waals surface area contributed by atoms with Crippen LogP contribution in [0.15, 0.2) is 48.5 Å². The Bertz CT molecular complexity index is 639. The third-order valence-electron chi connectivity index (χ3n) is 4.74. The minimum atomic E-state index is 0.0467. The second-order valence-electron chi connectivity index (χ2n) is 6.66. The van der Waals surface area contributed by atoms with Gasteiger partial charge in [-0.15, -0.1) is 0 Å². The highest BCUT2D eigenvalue weighted by molar-refractivity contribution is 5.28. The molecule has 1 unspecified atom stereocenters. The van der Waals surface area contributed by atoms with Crippen LogP contribution in [0, 0.1) is 5.92 Å². The average molecular weight is 341 g/mol. The number of rotatable bonds is 8. The van der Waals surface area contributed by atoms with Crippen molar-refractivity contribution < 1.29 is 14.6 Å². The summed E-state index contributed by atoms with van der Waals surface area (Å²) in [4.78, 5) is 2.53. The van der Waals surface area contributed by atoms with Gasteiger partial charge in [-0.3, -0.25) is 4.90 Å². The summed E-state index contributed by atoms with van der Waals surface area (Å²) in [6.07, 6.45) is 2.39. The summed E-state index contributed by atoms with van der Waals surface area (Å²) in [5, 5.41) is 8.79. The Morgan fingerprint density at radius 3 is 2.36 bits per heavy atom. The standard InChI is InChI=1S/C21H27NO3/c1-24-20-6-2-17(3-7-20)14-19-10-11-22(16-19)15-18-4-8-21(9-5-18)25-13-12-23/h2-9,19,23H,10-16H2,1H3. The van der Waals surface area contributed by atoms with Crippen LogP contribution < -0.4 is 9.47 Å². The Hall–Kier alpha value is -2.04. The molecule has 2 aromatic carbocycles. The maximum Gasteiger partial charge on any atom is 0.119 e. The third-order valence-corrected chi connectivity index (χ3v) is 4.74. The molecule has 4 nitrogen and oxygen atoms in total. The zero-order valence-electron chi connectivity index (χ0n) is 14.9. The molecule has 1 heterocycles. The van der Waals surface area contributed by atoms with E-state index in [9.17, 15) is 0 Å². The molecule has 0 aromatic heterocycles. The van der Waals surface area contributed by atoms with E-state index in [0.29, 0.717) is 6.61 Å². The average Bonchev–Trinajstić information content (AvgIpc) is 3.08. The van der Waals surface area contributed by atoms with Crippen LogP contribution in [-0.4, -0.2) is 43.4 Å². The first-order chi connectivity index (χ1) is 12.3. The van der Waals surface area contributed by atoms with Gasteiger partial charge in [0.05, 0.1) is 13.7 Å². The van der Waals surface area contributed by atoms with Gasteiger partial charge in [-0.25, -0.2) is 0 Å². The first kappa shape index (κ1) is 17.8. The molecule has 1 aliphatic heterocycles. The molecular weight excluding hydrogens is 314 g/mol. The number of benzene rings is 2. The van der Waals surface area contributed by atoms with Crippen molar-refractivity contribution in [3.05, 3.63) is 59.7 Å². The molecule has 0 spiro atoms. The number of aliphatic hydroxyl groups excluding tert-OH is 1. The lowest BCUT2D eigenvalue weighted by Gasteiger charge is -2.16. The predicted octanol–water partition coefficient (Wildman–Crippen LogP) is 3.13. The maximum atomic E-state index is 8.79. The molecule has 1 N–H and O–H groups in total. The Kier molecular flexibility index (Phi) is 6.31. The fraction of sp³-hybridized carbons (Fsp3) is 0.429. The van der Waals surface area contributed by atoms with E-state index in [-0.39, 0.29) is 6.61 Å². The number of methoxy groups -OCH3 is 1. The summed E-state index contributed by atoms with van der Waals surface area (Å²) < 4.78 is 10.6. The molecule has 0 bridgehead atoms. The number of nitrogens with zero attached hydrogens (tertiary/aromatic N) is 1. The van der Waals surface area contributed by atoms with E-state index in [1.165, 1.54) is 17.5 Å². The fourth-order valence-corrected chi connectivity index (χ4v) is 3.43. The molecule has 1 fully saturated rings. The van der Waals surface area contributed by atoms with Crippen LogP contribution in [-0.2, 0) is 13.0 Å². The van der Waals surface area contributed by atoms with Gasteiger partial charge >= 0.3 is 0 Å². The summed E-state index contributed by atoms with van der Waals surface area (Å²) in [6.45, 7) is 3.68. The third kappa shape index (κ3) is 5.21. The van der Waals surface area contributed by atoms with Crippen molar-refractivity contribution in [2.45, 2.75) is 19.4 Å². The molecule has 0 aliphatic carbocycles. The topological polar surface area (TPSA) is 41.9 Å². The molecule has 25 heavy (non-hydrogen) atoms. The van der Waals surface area contributed by atoms with Gasteiger partial charge in [-0.05, 0) is 60.7 Å². The van der Waals surface area contributed by atoms with E-state index in [1.54, 1.807) is 7.11 Å². The lowest BCUT2D eigenvalue weighted by molar-refractivity contribution is 0.201. The highest BCUT2D eigenvalue weighted by atomic mass is 16.5. The molecule has 1 saturated heterocycles. The van der Waals surface area contributed by atoms with E-state index in [2.05, 4.69) is 29.2 Å². The summed E-state index contributed by atoms with van der Waals surface area (Å²) in [7, 11) is 1.70. The molecule has 0 radical (unpaired) electrons. The first-order valence-corrected chi connectivity index (χ1v) is 8.94. The lowest BCUT2D eigenvalue weighted by Crippen LogP contribution is -2.20. The zero-order chi connectivity index (χ0) is 17.5. The van der Waals surface area contributed by atoms with Crippen molar-refractivity contribution in [3.8, 4) is 11.5 Å². The van der Waals surface area contributed by atoms with Crippen LogP contribution in [0.1, 0.15) is 17.5 Å². The van der Waals surface area contributed by atoms with Crippen LogP contribution in [0.3, 0.4) is 0 Å². The monoisotopic (exact) mass is 341 g/mol. The van der Waals surface area contributed by atoms with E-state index in [0.717, 1.165) is 43.5 Å². The van der Waals surface area contributed by atoms with Crippen LogP contribution in [0.4, 0.5) is 0 Å². The van der Waals surface area contributed by atoms with E-state index in [1.807, 2.05) is 24.3 Å². The highest BCUT2D eigenvalue weighted by Crippen LogP contribution is 2.24. The Morgan fingerprint density at radius 1 is 1.00 bits per heavy atom. The van der Waals surface area contributed by atoms with Gasteiger partial charge in [-0.1, -0.05) is 24.3 Å². The minimum absolute atomic E-state index is 0.0467. The van der Waals surface area contributed by atoms with Gasteiger partial charge in [0.2, 0.25) is 0 Å². The molecule has 0 amide bonds. The SMILES string of the molecule is COc1ccc(CC2CCN(Cc3ccc(OCCO)cc3)C2)cc1. The van der Waals surface area contributed by atoms with Crippen LogP contribution in [0.5, 0.6) is 11.5 Å². The van der Waals surface area contributed by atoms with Gasteiger partial charge in [0.25, 0.3) is 0 Å². The van der Waals surface area contributed by atoms with E-state index < -0.39 is 0 Å². The Morgan fingerprint density at radius 2 is 1.68 bits per heavy atom. The van der Waals surface area contributed by atoms with Crippen molar-refractivity contribution in [2.75, 3.05) is 33.4 Å². The van der Waals surface area contributed by atoms with Crippen molar-refractivity contribution in [3.63, 3.8) is 0 Å². The van der Waals surface area contributed by atoms with Crippen LogP contribution in [0.2, 0.25) is 0 Å². The molecule has 134 valence electrons. The predicted molar refractivity (Wildman–Crippen MR) is 99.1 cm³/mol. The number of hydrogen-bond donors (Lipinski definition) is 1. The largest absolute Gasteiger partial charge is 0.497 e. The highest BCUT2D eigenvalue weighted by Gasteiger charge is 2.22. The van der Waals surface area contributed by atoms with Crippen molar-refractivity contribution in [1.82, 2.24) is 4.90 Å². The van der Waals surface area contributed by atoms with Gasteiger partial charge in [0.1, 0.15) is 18.1 Å². The van der Waals surface area contributed by atoms with Gasteiger partial charge in [0, 0.05) is 13.1 Å². The molecule has 4 heteroatoms. The maximum absolute atomic E-state index is 8.79. The van der Waals surface area contributed by atoms with Crippen LogP contribution in [0.25, 0.3) is 0 Å². The van der Waals surface area contributed by atoms with Crippen LogP contribution >= 0.6 is 0 Å². The quantitative estimate of drug-likeness (QED) is 0.801. The van der Waals surface area contributed by atoms with Gasteiger partial charge < -0.3 is 14.6 Å². The van der Waals surface area contributed by atoms with E-state index in [4.69, 9.17) is 14.6 Å². The number of aliphatic hydroxyl groups is 1. The number of likely N-dealkylation sites (tertiary alicyclic amines) is 1. The smallest absolute Gasteiger partial charge is 0.119 e. The molecule has 3 rings (SSSR count). The fourth-order valence-electron chi connectivity index (χ4n) is 3.43. The molecular formula is C21H27NO3. The Labute approximate surface area is 150 Å². The summed E-state index contributed by atoms with van der Waals surface area (Å²) in [5.41, 5.74) is 2.69. The second kappa shape index (κ2) is 8.88. The summed E-state index contributed by atoms with van der Waals surface area (Å²) in [5.74, 6) is 2.46. The molecule has 1 atom stereocenters. The minimum Gasteiger partial charge on any atom is -0.497 e. The molecule has 0 saturated carbocycles. The molecule has 1 aliphatic rings. The Balaban J connectivity index is 1.47. The summed E-state index contributed by atoms with van der Waals surface area (Å²) >= 11 is 0. The first-order valence-electron chi connectivity index (χ1n) is 8.94.